The molecule has 0 heterocycles. The fraction of sp³-hybridized carbons (Fsp3) is 1.00. The van der Waals surface area contributed by atoms with Gasteiger partial charge >= 0.3 is 0 Å². The van der Waals surface area contributed by atoms with Gasteiger partial charge in [0.15, 0.2) is 6.29 Å². The molecule has 0 aliphatic rings. The maximum atomic E-state index is 5.58. The Morgan fingerprint density at radius 2 is 1.50 bits per heavy atom. The average molecular weight is 288 g/mol. The van der Waals surface area contributed by atoms with Gasteiger partial charge in [0.2, 0.25) is 0 Å². The van der Waals surface area contributed by atoms with E-state index in [1.807, 2.05) is 6.92 Å². The van der Waals surface area contributed by atoms with Gasteiger partial charge in [-0.3, -0.25) is 0 Å². The summed E-state index contributed by atoms with van der Waals surface area (Å²) in [5.74, 6) is 0. The van der Waals surface area contributed by atoms with Crippen LogP contribution < -0.4 is 0 Å². The molecule has 0 aliphatic carbocycles. The molecule has 118 valence electrons. The molecule has 0 bridgehead atoms. The van der Waals surface area contributed by atoms with E-state index < -0.39 is 6.29 Å². The minimum atomic E-state index is -0.499. The first kappa shape index (κ1) is 24.9. The minimum absolute atomic E-state index is 0. The van der Waals surface area contributed by atoms with Crippen molar-refractivity contribution in [2.24, 2.45) is 0 Å². The molecule has 0 saturated carbocycles. The monoisotopic (exact) mass is 288 g/mol. The van der Waals surface area contributed by atoms with E-state index >= 15 is 0 Å². The number of ether oxygens (including phenoxy) is 4. The zero-order valence-electron chi connectivity index (χ0n) is 11.6. The molecule has 7 heteroatoms. The highest BCUT2D eigenvalue weighted by Gasteiger charge is 2.16. The molecule has 0 aliphatic heterocycles. The average Bonchev–Trinajstić information content (AvgIpc) is 2.40. The van der Waals surface area contributed by atoms with Gasteiger partial charge in [0.1, 0.15) is 12.4 Å². The summed E-state index contributed by atoms with van der Waals surface area (Å²) in [4.78, 5) is 0. The molecule has 0 spiro atoms. The first-order valence-electron chi connectivity index (χ1n) is 6.00. The third-order valence-corrected chi connectivity index (χ3v) is 2.32. The molecule has 5 nitrogen and oxygen atoms in total. The Balaban J connectivity index is -0.00000144. The topological polar surface area (TPSA) is 46.2 Å². The second-order valence-electron chi connectivity index (χ2n) is 3.98. The van der Waals surface area contributed by atoms with E-state index in [-0.39, 0.29) is 33.4 Å². The van der Waals surface area contributed by atoms with Crippen molar-refractivity contribution in [2.45, 2.75) is 66.7 Å². The molecule has 4 unspecified atom stereocenters. The lowest BCUT2D eigenvalue weighted by Crippen LogP contribution is -2.33. The summed E-state index contributed by atoms with van der Waals surface area (Å²) in [5, 5.41) is 0. The van der Waals surface area contributed by atoms with Crippen LogP contribution in [0.3, 0.4) is 0 Å². The van der Waals surface area contributed by atoms with Gasteiger partial charge in [-0.2, -0.15) is 0 Å². The molecule has 0 amide bonds. The molecule has 0 fully saturated rings. The molecule has 0 saturated heterocycles. The van der Waals surface area contributed by atoms with E-state index in [1.165, 1.54) is 0 Å². The highest BCUT2D eigenvalue weighted by atomic mass is 16.7. The van der Waals surface area contributed by atoms with Gasteiger partial charge in [0.25, 0.3) is 8.05 Å². The predicted molar refractivity (Wildman–Crippen MR) is 83.0 cm³/mol. The zero-order chi connectivity index (χ0) is 14.0. The van der Waals surface area contributed by atoms with Crippen molar-refractivity contribution in [3.05, 3.63) is 0 Å². The van der Waals surface area contributed by atoms with Crippen molar-refractivity contribution in [3.63, 3.8) is 0 Å². The van der Waals surface area contributed by atoms with Crippen LogP contribution in [0.5, 0.6) is 0 Å². The molecule has 4 radical (unpaired) electrons. The highest BCUT2D eigenvalue weighted by molar-refractivity contribution is 6.08. The van der Waals surface area contributed by atoms with Crippen LogP contribution in [0.25, 0.3) is 0 Å². The third-order valence-electron chi connectivity index (χ3n) is 2.32. The molecule has 0 rings (SSSR count). The second kappa shape index (κ2) is 15.3. The van der Waals surface area contributed by atoms with Gasteiger partial charge in [0, 0.05) is 13.2 Å². The Kier molecular flexibility index (Phi) is 19.1. The molecule has 20 heavy (non-hydrogen) atoms. The summed E-state index contributed by atoms with van der Waals surface area (Å²) in [6.07, 6.45) is -0.690. The predicted octanol–water partition coefficient (Wildman–Crippen LogP) is 2.09. The van der Waals surface area contributed by atoms with Crippen LogP contribution in [0.2, 0.25) is 6.32 Å². The van der Waals surface area contributed by atoms with E-state index in [4.69, 9.17) is 34.8 Å². The summed E-state index contributed by atoms with van der Waals surface area (Å²) >= 11 is 0. The summed E-state index contributed by atoms with van der Waals surface area (Å²) in [6.45, 7) is 6.04. The molecular formula is C13H30B2O5. The molecule has 0 aromatic carbocycles. The summed E-state index contributed by atoms with van der Waals surface area (Å²) in [6, 6.07) is 0. The van der Waals surface area contributed by atoms with Crippen molar-refractivity contribution in [3.8, 4) is 0 Å². The van der Waals surface area contributed by atoms with Crippen LogP contribution in [-0.2, 0) is 23.6 Å². The highest BCUT2D eigenvalue weighted by Crippen LogP contribution is 2.06. The Bertz CT molecular complexity index is 184. The summed E-state index contributed by atoms with van der Waals surface area (Å²) in [7, 11) is 12.0. The second-order valence-corrected chi connectivity index (χ2v) is 3.98. The smallest absolute Gasteiger partial charge is 0.286 e. The number of methoxy groups -OCH3 is 1. The van der Waals surface area contributed by atoms with Crippen LogP contribution in [-0.4, -0.2) is 61.0 Å². The maximum Gasteiger partial charge on any atom is 0.286 e. The summed E-state index contributed by atoms with van der Waals surface area (Å²) < 4.78 is 26.0. The van der Waals surface area contributed by atoms with Gasteiger partial charge < -0.3 is 23.6 Å². The SMILES string of the molecule is C.C.[B]CC(C)OCC(COC(C)O[B])OC(C)OC. The van der Waals surface area contributed by atoms with E-state index in [0.29, 0.717) is 19.5 Å². The standard InChI is InChI=1S/C11H22B2O5.2CH4/c1-8(5-12)15-6-11(17-9(2)14-4)7-16-10(3)18-13;;/h8-11H,5-7H2,1-4H3;2*1H4. The molecular weight excluding hydrogens is 258 g/mol. The van der Waals surface area contributed by atoms with Gasteiger partial charge in [-0.1, -0.05) is 21.2 Å². The largest absolute Gasteiger partial charge is 0.425 e. The number of hydrogen-bond acceptors (Lipinski definition) is 5. The molecule has 4 atom stereocenters. The first-order valence-corrected chi connectivity index (χ1v) is 6.00. The van der Waals surface area contributed by atoms with Crippen molar-refractivity contribution >= 4 is 15.9 Å². The van der Waals surface area contributed by atoms with Crippen LogP contribution >= 0.6 is 0 Å². The van der Waals surface area contributed by atoms with Gasteiger partial charge in [-0.05, 0) is 20.8 Å². The minimum Gasteiger partial charge on any atom is -0.425 e. The van der Waals surface area contributed by atoms with Crippen LogP contribution in [0, 0.1) is 0 Å². The first-order chi connectivity index (χ1) is 8.53. The van der Waals surface area contributed by atoms with E-state index in [0.717, 1.165) is 0 Å². The van der Waals surface area contributed by atoms with Gasteiger partial charge in [-0.25, -0.2) is 0 Å². The van der Waals surface area contributed by atoms with Crippen molar-refractivity contribution < 1.29 is 23.6 Å². The zero-order valence-corrected chi connectivity index (χ0v) is 11.6. The van der Waals surface area contributed by atoms with Gasteiger partial charge in [-0.15, -0.1) is 0 Å². The Hall–Kier alpha value is -0.0701. The lowest BCUT2D eigenvalue weighted by Gasteiger charge is -2.24. The van der Waals surface area contributed by atoms with E-state index in [2.05, 4.69) is 4.65 Å². The number of hydrogen-bond donors (Lipinski definition) is 0. The van der Waals surface area contributed by atoms with Crippen molar-refractivity contribution in [2.75, 3.05) is 20.3 Å². The third kappa shape index (κ3) is 12.9. The van der Waals surface area contributed by atoms with Crippen molar-refractivity contribution in [1.82, 2.24) is 0 Å². The normalized spacial score (nSPS) is 16.4. The maximum absolute atomic E-state index is 5.58. The lowest BCUT2D eigenvalue weighted by molar-refractivity contribution is -0.191. The van der Waals surface area contributed by atoms with E-state index in [9.17, 15) is 0 Å². The van der Waals surface area contributed by atoms with Crippen LogP contribution in [0.15, 0.2) is 0 Å². The number of rotatable bonds is 11. The van der Waals surface area contributed by atoms with Crippen LogP contribution in [0.4, 0.5) is 0 Å². The lowest BCUT2D eigenvalue weighted by atomic mass is 10.0. The Morgan fingerprint density at radius 3 is 1.95 bits per heavy atom. The Labute approximate surface area is 127 Å². The molecule has 0 N–H and O–H groups in total. The van der Waals surface area contributed by atoms with Crippen LogP contribution in [0.1, 0.15) is 35.6 Å². The Morgan fingerprint density at radius 1 is 0.950 bits per heavy atom. The molecule has 0 aromatic heterocycles. The summed E-state index contributed by atoms with van der Waals surface area (Å²) in [5.41, 5.74) is 0. The quantitative estimate of drug-likeness (QED) is 0.430. The fourth-order valence-electron chi connectivity index (χ4n) is 1.08. The molecule has 0 aromatic rings. The fourth-order valence-corrected chi connectivity index (χ4v) is 1.08. The van der Waals surface area contributed by atoms with E-state index in [1.54, 1.807) is 21.0 Å². The van der Waals surface area contributed by atoms with Crippen molar-refractivity contribution in [1.29, 1.82) is 0 Å². The van der Waals surface area contributed by atoms with Gasteiger partial charge in [0.05, 0.1) is 21.1 Å².